The maximum Gasteiger partial charge on any atom is 0.0664 e. The molecule has 0 amide bonds. The van der Waals surface area contributed by atoms with Crippen molar-refractivity contribution in [3.05, 3.63) is 28.6 Å². The van der Waals surface area contributed by atoms with Gasteiger partial charge in [-0.15, -0.1) is 0 Å². The molecule has 2 N–H and O–H groups in total. The predicted molar refractivity (Wildman–Crippen MR) is 62.4 cm³/mol. The van der Waals surface area contributed by atoms with Gasteiger partial charge in [0.2, 0.25) is 0 Å². The fourth-order valence-corrected chi connectivity index (χ4v) is 1.90. The maximum absolute atomic E-state index is 8.63. The van der Waals surface area contributed by atoms with Crippen LogP contribution in [0.3, 0.4) is 0 Å². The van der Waals surface area contributed by atoms with Gasteiger partial charge in [0, 0.05) is 28.7 Å². The summed E-state index contributed by atoms with van der Waals surface area (Å²) in [6, 6.07) is 0. The van der Waals surface area contributed by atoms with Crippen LogP contribution in [-0.2, 0) is 0 Å². The van der Waals surface area contributed by atoms with Gasteiger partial charge in [-0.3, -0.25) is 4.98 Å². The molecule has 0 saturated heterocycles. The summed E-state index contributed by atoms with van der Waals surface area (Å²) in [5.41, 5.74) is 1.88. The summed E-state index contributed by atoms with van der Waals surface area (Å²) in [5, 5.41) is 9.67. The summed E-state index contributed by atoms with van der Waals surface area (Å²) < 4.78 is 0.926. The molecule has 0 atom stereocenters. The number of aromatic amines is 1. The Bertz CT molecular complexity index is 536. The summed E-state index contributed by atoms with van der Waals surface area (Å²) >= 11 is 3.44. The highest BCUT2D eigenvalue weighted by atomic mass is 79.9. The smallest absolute Gasteiger partial charge is 0.0664 e. The molecular weight excluding hydrogens is 256 g/mol. The molecule has 76 valence electrons. The lowest BCUT2D eigenvalue weighted by atomic mass is 10.2. The molecule has 0 saturated carbocycles. The Kier molecular flexibility index (Phi) is 3.05. The number of nitrogens with zero attached hydrogens (tertiary/aromatic N) is 1. The predicted octanol–water partition coefficient (Wildman–Crippen LogP) is 2.06. The second kappa shape index (κ2) is 4.47. The van der Waals surface area contributed by atoms with Crippen molar-refractivity contribution in [2.75, 3.05) is 6.61 Å². The van der Waals surface area contributed by atoms with Crippen LogP contribution in [0.15, 0.2) is 23.1 Å². The summed E-state index contributed by atoms with van der Waals surface area (Å²) in [7, 11) is 0. The minimum atomic E-state index is 0.0953. The zero-order chi connectivity index (χ0) is 10.7. The van der Waals surface area contributed by atoms with Crippen LogP contribution in [0.5, 0.6) is 0 Å². The molecular formula is C11H9BrN2O. The molecule has 0 unspecified atom stereocenters. The van der Waals surface area contributed by atoms with E-state index in [9.17, 15) is 0 Å². The number of hydrogen-bond donors (Lipinski definition) is 2. The van der Waals surface area contributed by atoms with Crippen molar-refractivity contribution < 1.29 is 5.11 Å². The van der Waals surface area contributed by atoms with E-state index in [0.29, 0.717) is 6.42 Å². The van der Waals surface area contributed by atoms with E-state index in [4.69, 9.17) is 5.11 Å². The molecule has 0 aliphatic heterocycles. The van der Waals surface area contributed by atoms with Gasteiger partial charge < -0.3 is 10.1 Å². The van der Waals surface area contributed by atoms with Crippen LogP contribution >= 0.6 is 15.9 Å². The Labute approximate surface area is 95.7 Å². The van der Waals surface area contributed by atoms with Gasteiger partial charge in [-0.25, -0.2) is 0 Å². The van der Waals surface area contributed by atoms with Crippen molar-refractivity contribution in [1.82, 2.24) is 9.97 Å². The van der Waals surface area contributed by atoms with E-state index in [1.54, 1.807) is 12.4 Å². The van der Waals surface area contributed by atoms with Crippen molar-refractivity contribution in [2.45, 2.75) is 6.42 Å². The summed E-state index contributed by atoms with van der Waals surface area (Å²) in [6.45, 7) is 0.0953. The van der Waals surface area contributed by atoms with Gasteiger partial charge in [0.25, 0.3) is 0 Å². The van der Waals surface area contributed by atoms with E-state index in [-0.39, 0.29) is 6.61 Å². The lowest BCUT2D eigenvalue weighted by Gasteiger charge is -1.93. The first-order chi connectivity index (χ1) is 7.33. The fraction of sp³-hybridized carbons (Fsp3) is 0.182. The third-order valence-electron chi connectivity index (χ3n) is 2.00. The van der Waals surface area contributed by atoms with E-state index < -0.39 is 0 Å². The van der Waals surface area contributed by atoms with Crippen molar-refractivity contribution >= 4 is 26.8 Å². The van der Waals surface area contributed by atoms with Crippen molar-refractivity contribution in [3.63, 3.8) is 0 Å². The van der Waals surface area contributed by atoms with Gasteiger partial charge >= 0.3 is 0 Å². The van der Waals surface area contributed by atoms with E-state index in [1.807, 2.05) is 6.20 Å². The molecule has 2 rings (SSSR count). The molecule has 2 aromatic heterocycles. The molecule has 0 aromatic carbocycles. The summed E-state index contributed by atoms with van der Waals surface area (Å²) in [6.07, 6.45) is 5.85. The van der Waals surface area contributed by atoms with Crippen LogP contribution in [0.2, 0.25) is 0 Å². The van der Waals surface area contributed by atoms with Gasteiger partial charge in [-0.05, 0) is 15.9 Å². The molecule has 15 heavy (non-hydrogen) atoms. The number of H-pyrrole nitrogens is 1. The van der Waals surface area contributed by atoms with Crippen LogP contribution in [0.25, 0.3) is 10.9 Å². The minimum absolute atomic E-state index is 0.0953. The maximum atomic E-state index is 8.63. The first-order valence-corrected chi connectivity index (χ1v) is 5.32. The molecule has 0 aliphatic rings. The third-order valence-corrected chi connectivity index (χ3v) is 2.60. The normalized spacial score (nSPS) is 10.0. The number of nitrogens with one attached hydrogen (secondary N) is 1. The zero-order valence-electron chi connectivity index (χ0n) is 7.92. The first-order valence-electron chi connectivity index (χ1n) is 4.53. The largest absolute Gasteiger partial charge is 0.395 e. The van der Waals surface area contributed by atoms with Crippen LogP contribution in [0, 0.1) is 11.8 Å². The quantitative estimate of drug-likeness (QED) is 0.775. The number of fused-ring (bicyclic) bond motifs is 1. The fourth-order valence-electron chi connectivity index (χ4n) is 1.35. The average molecular weight is 265 g/mol. The number of aliphatic hydroxyl groups excluding tert-OH is 1. The topological polar surface area (TPSA) is 48.9 Å². The molecule has 2 heterocycles. The SMILES string of the molecule is OCCC#Cc1c[nH]c2cncc(Br)c12. The van der Waals surface area contributed by atoms with Crippen molar-refractivity contribution in [3.8, 4) is 11.8 Å². The summed E-state index contributed by atoms with van der Waals surface area (Å²) in [4.78, 5) is 7.15. The molecule has 0 fully saturated rings. The number of hydrogen-bond acceptors (Lipinski definition) is 2. The zero-order valence-corrected chi connectivity index (χ0v) is 9.50. The van der Waals surface area contributed by atoms with Gasteiger partial charge in [0.15, 0.2) is 0 Å². The molecule has 4 heteroatoms. The number of halogens is 1. The van der Waals surface area contributed by atoms with Gasteiger partial charge in [-0.1, -0.05) is 11.8 Å². The van der Waals surface area contributed by atoms with Gasteiger partial charge in [0.1, 0.15) is 0 Å². The Morgan fingerprint density at radius 1 is 1.47 bits per heavy atom. The van der Waals surface area contributed by atoms with E-state index in [1.165, 1.54) is 0 Å². The van der Waals surface area contributed by atoms with Crippen molar-refractivity contribution in [1.29, 1.82) is 0 Å². The van der Waals surface area contributed by atoms with E-state index in [0.717, 1.165) is 20.9 Å². The lowest BCUT2D eigenvalue weighted by Crippen LogP contribution is -1.78. The number of aromatic nitrogens is 2. The van der Waals surface area contributed by atoms with Crippen LogP contribution < -0.4 is 0 Å². The van der Waals surface area contributed by atoms with E-state index >= 15 is 0 Å². The number of rotatable bonds is 1. The Balaban J connectivity index is 2.50. The van der Waals surface area contributed by atoms with Gasteiger partial charge in [-0.2, -0.15) is 0 Å². The van der Waals surface area contributed by atoms with E-state index in [2.05, 4.69) is 37.7 Å². The van der Waals surface area contributed by atoms with Crippen molar-refractivity contribution in [2.24, 2.45) is 0 Å². The minimum Gasteiger partial charge on any atom is -0.395 e. The standard InChI is InChI=1S/C11H9BrN2O/c12-9-6-13-7-10-11(9)8(5-14-10)3-1-2-4-15/h5-7,14-15H,2,4H2. The Hall–Kier alpha value is -1.31. The second-order valence-electron chi connectivity index (χ2n) is 3.02. The Morgan fingerprint density at radius 2 is 2.33 bits per heavy atom. The highest BCUT2D eigenvalue weighted by molar-refractivity contribution is 9.10. The highest BCUT2D eigenvalue weighted by Crippen LogP contribution is 2.24. The average Bonchev–Trinajstić information content (AvgIpc) is 2.63. The van der Waals surface area contributed by atoms with Gasteiger partial charge in [0.05, 0.1) is 23.9 Å². The molecule has 3 nitrogen and oxygen atoms in total. The number of aliphatic hydroxyl groups is 1. The molecule has 2 aromatic rings. The monoisotopic (exact) mass is 264 g/mol. The second-order valence-corrected chi connectivity index (χ2v) is 3.88. The third kappa shape index (κ3) is 2.04. The molecule has 0 radical (unpaired) electrons. The molecule has 0 aliphatic carbocycles. The lowest BCUT2D eigenvalue weighted by molar-refractivity contribution is 0.305. The summed E-state index contributed by atoms with van der Waals surface area (Å²) in [5.74, 6) is 5.91. The first kappa shape index (κ1) is 10.2. The van der Waals surface area contributed by atoms with Crippen LogP contribution in [-0.4, -0.2) is 21.7 Å². The number of pyridine rings is 1. The van der Waals surface area contributed by atoms with Crippen LogP contribution in [0.1, 0.15) is 12.0 Å². The Morgan fingerprint density at radius 3 is 3.13 bits per heavy atom. The molecule has 0 bridgehead atoms. The highest BCUT2D eigenvalue weighted by Gasteiger charge is 2.04. The van der Waals surface area contributed by atoms with Crippen LogP contribution in [0.4, 0.5) is 0 Å². The molecule has 0 spiro atoms.